The quantitative estimate of drug-likeness (QED) is 0.0932. The van der Waals surface area contributed by atoms with Crippen molar-refractivity contribution in [2.75, 3.05) is 22.6 Å². The second-order valence-corrected chi connectivity index (χ2v) is 16.6. The van der Waals surface area contributed by atoms with Crippen molar-refractivity contribution in [2.45, 2.75) is 152 Å². The van der Waals surface area contributed by atoms with E-state index >= 15 is 0 Å². The van der Waals surface area contributed by atoms with E-state index in [-0.39, 0.29) is 61.2 Å². The number of nitrogen functional groups attached to an aromatic ring is 1. The average Bonchev–Trinajstić information content (AvgIpc) is 3.91. The zero-order chi connectivity index (χ0) is 39.4. The van der Waals surface area contributed by atoms with Crippen LogP contribution >= 0.6 is 46.7 Å². The van der Waals surface area contributed by atoms with Crippen molar-refractivity contribution in [3.05, 3.63) is 33.1 Å². The summed E-state index contributed by atoms with van der Waals surface area (Å²) in [6.45, 7) is 28.0. The number of thioether (sulfide) groups is 2. The summed E-state index contributed by atoms with van der Waals surface area (Å²) in [4.78, 5) is 25.0. The summed E-state index contributed by atoms with van der Waals surface area (Å²) >= 11 is 15.5. The normalized spacial score (nSPS) is 27.9. The topological polar surface area (TPSA) is 190 Å². The molecule has 5 heterocycles. The Balaban J connectivity index is 0.000000225. The standard InChI is InChI=1S/C16H19ClN6O2S.C16H22ClN5O2S.C2H3N.CH4/c1-5-6-26-15-19-13(17)10-14(20-15)23(22-21-10)9-7-8(18-4)11-12(9)25-16(2,3)24-11;1-5-6-25-15-21-13(17)10(18)14(22-15)20-9-7-8(19-4)11-12(9)24-16(2,3)23-11;1-2-3;/h8-9,11-12H,5-7H2,1-3H3;8-9,11-12H,5-7,18H2,1-3H3,(H,20,21,22);1H3;1H4/t2*8-,9+,11+,12-;;/m00../s1. The van der Waals surface area contributed by atoms with Crippen molar-refractivity contribution in [3.8, 4) is 6.07 Å². The van der Waals surface area contributed by atoms with Gasteiger partial charge in [-0.25, -0.2) is 37.8 Å². The minimum atomic E-state index is -0.720. The highest BCUT2D eigenvalue weighted by Gasteiger charge is 2.59. The van der Waals surface area contributed by atoms with Gasteiger partial charge in [-0.05, 0) is 40.5 Å². The van der Waals surface area contributed by atoms with Gasteiger partial charge in [-0.15, -0.1) is 5.10 Å². The molecule has 0 amide bonds. The number of nitrogens with zero attached hydrogens (tertiary/aromatic N) is 10. The van der Waals surface area contributed by atoms with Crippen LogP contribution in [0.3, 0.4) is 0 Å². The second kappa shape index (κ2) is 18.8. The molecule has 298 valence electrons. The van der Waals surface area contributed by atoms with Crippen LogP contribution in [0.1, 0.15) is 87.6 Å². The molecule has 0 spiro atoms. The highest BCUT2D eigenvalue weighted by molar-refractivity contribution is 7.99. The predicted molar refractivity (Wildman–Crippen MR) is 214 cm³/mol. The first-order chi connectivity index (χ1) is 25.7. The van der Waals surface area contributed by atoms with E-state index in [2.05, 4.69) is 59.1 Å². The van der Waals surface area contributed by atoms with E-state index in [1.54, 1.807) is 22.5 Å². The van der Waals surface area contributed by atoms with Crippen LogP contribution in [0.15, 0.2) is 10.3 Å². The first kappa shape index (κ1) is 44.5. The first-order valence-electron chi connectivity index (χ1n) is 17.6. The molecule has 3 aromatic heterocycles. The third-order valence-electron chi connectivity index (χ3n) is 8.82. The Morgan fingerprint density at radius 1 is 0.873 bits per heavy atom. The Morgan fingerprint density at radius 2 is 1.38 bits per heavy atom. The average molecular weight is 836 g/mol. The van der Waals surface area contributed by atoms with Gasteiger partial charge in [0.2, 0.25) is 0 Å². The molecule has 8 atom stereocenters. The molecular formula is C35H48Cl2N12O4S2. The van der Waals surface area contributed by atoms with Crippen LogP contribution in [-0.4, -0.2) is 101 Å². The molecule has 0 bridgehead atoms. The van der Waals surface area contributed by atoms with Crippen molar-refractivity contribution < 1.29 is 18.9 Å². The summed E-state index contributed by atoms with van der Waals surface area (Å²) in [6, 6.07) is 0.915. The summed E-state index contributed by atoms with van der Waals surface area (Å²) in [5, 5.41) is 20.8. The predicted octanol–water partition coefficient (Wildman–Crippen LogP) is 7.50. The number of aromatic nitrogens is 7. The van der Waals surface area contributed by atoms with E-state index in [0.29, 0.717) is 51.0 Å². The van der Waals surface area contributed by atoms with Gasteiger partial charge >= 0.3 is 0 Å². The number of rotatable bonds is 9. The maximum absolute atomic E-state index is 7.50. The monoisotopic (exact) mass is 834 g/mol. The lowest BCUT2D eigenvalue weighted by Crippen LogP contribution is -2.35. The molecule has 2 aliphatic heterocycles. The van der Waals surface area contributed by atoms with E-state index < -0.39 is 11.6 Å². The van der Waals surface area contributed by atoms with Crippen LogP contribution in [0, 0.1) is 24.5 Å². The Labute approximate surface area is 340 Å². The molecule has 3 N–H and O–H groups in total. The summed E-state index contributed by atoms with van der Waals surface area (Å²) in [6.07, 6.45) is 2.18. The zero-order valence-electron chi connectivity index (χ0n) is 31.1. The van der Waals surface area contributed by atoms with Gasteiger partial charge in [0.15, 0.2) is 61.4 Å². The first-order valence-corrected chi connectivity index (χ1v) is 20.3. The molecule has 4 fully saturated rings. The Hall–Kier alpha value is -3.25. The van der Waals surface area contributed by atoms with Crippen molar-refractivity contribution in [3.63, 3.8) is 0 Å². The molecule has 16 nitrogen and oxygen atoms in total. The van der Waals surface area contributed by atoms with Crippen LogP contribution in [0.2, 0.25) is 10.3 Å². The maximum Gasteiger partial charge on any atom is 0.254 e. The lowest BCUT2D eigenvalue weighted by Gasteiger charge is -2.23. The number of nitrogens with one attached hydrogen (secondary N) is 1. The smallest absolute Gasteiger partial charge is 0.254 e. The van der Waals surface area contributed by atoms with Crippen LogP contribution in [0.4, 0.5) is 11.5 Å². The van der Waals surface area contributed by atoms with Crippen molar-refractivity contribution >= 4 is 69.4 Å². The van der Waals surface area contributed by atoms with E-state index in [9.17, 15) is 0 Å². The third-order valence-corrected chi connectivity index (χ3v) is 11.5. The summed E-state index contributed by atoms with van der Waals surface area (Å²) in [5.41, 5.74) is 7.40. The maximum atomic E-state index is 7.50. The third kappa shape index (κ3) is 10.0. The number of ether oxygens (including phenoxy) is 4. The fraction of sp³-hybridized carbons (Fsp3) is 0.686. The highest BCUT2D eigenvalue weighted by Crippen LogP contribution is 2.46. The molecule has 2 saturated heterocycles. The minimum absolute atomic E-state index is 0. The van der Waals surface area contributed by atoms with Gasteiger partial charge in [-0.3, -0.25) is 0 Å². The van der Waals surface area contributed by atoms with Gasteiger partial charge in [0.05, 0.1) is 24.6 Å². The highest BCUT2D eigenvalue weighted by atomic mass is 35.5. The molecule has 55 heavy (non-hydrogen) atoms. The Morgan fingerprint density at radius 3 is 1.96 bits per heavy atom. The lowest BCUT2D eigenvalue weighted by molar-refractivity contribution is -0.156. The van der Waals surface area contributed by atoms with Crippen LogP contribution in [0.25, 0.3) is 20.9 Å². The second-order valence-electron chi connectivity index (χ2n) is 13.8. The molecular weight excluding hydrogens is 788 g/mol. The van der Waals surface area contributed by atoms with Gasteiger partial charge in [-0.2, -0.15) is 5.26 Å². The number of nitriles is 1. The van der Waals surface area contributed by atoms with Crippen LogP contribution in [0.5, 0.6) is 0 Å². The number of halogens is 2. The van der Waals surface area contributed by atoms with Gasteiger partial charge in [0.1, 0.15) is 17.9 Å². The number of anilines is 2. The fourth-order valence-electron chi connectivity index (χ4n) is 6.74. The van der Waals surface area contributed by atoms with E-state index in [0.717, 1.165) is 24.3 Å². The summed E-state index contributed by atoms with van der Waals surface area (Å²) < 4.78 is 25.7. The van der Waals surface area contributed by atoms with Gasteiger partial charge in [0, 0.05) is 24.9 Å². The van der Waals surface area contributed by atoms with Crippen LogP contribution in [-0.2, 0) is 18.9 Å². The largest absolute Gasteiger partial charge is 0.393 e. The van der Waals surface area contributed by atoms with Gasteiger partial charge in [0.25, 0.3) is 12.1 Å². The van der Waals surface area contributed by atoms with Crippen molar-refractivity contribution in [1.82, 2.24) is 34.9 Å². The number of nitrogens with two attached hydrogens (primary N) is 1. The minimum Gasteiger partial charge on any atom is -0.393 e. The van der Waals surface area contributed by atoms with E-state index in [1.165, 1.54) is 18.7 Å². The Kier molecular flexibility index (Phi) is 15.2. The number of fused-ring (bicyclic) bond motifs is 3. The van der Waals surface area contributed by atoms with Gasteiger partial charge in [-0.1, -0.05) is 73.2 Å². The summed E-state index contributed by atoms with van der Waals surface area (Å²) in [7, 11) is 0. The van der Waals surface area contributed by atoms with Crippen molar-refractivity contribution in [2.24, 2.45) is 0 Å². The SMILES string of the molecule is C.CC#N.[C-]#[N+][C@H]1C[C@@H](Nc2nc(SCCC)nc(Cl)c2N)[C@@H]2OC(C)(C)O[C@@H]21.[C-]#[N+][C@H]1C[C@@H](n2nnc3c(Cl)nc(SCCC)nc32)[C@@H]2OC(C)(C)O[C@@H]21. The molecule has 0 aromatic carbocycles. The molecule has 2 saturated carbocycles. The van der Waals surface area contributed by atoms with Crippen molar-refractivity contribution in [1.29, 1.82) is 5.26 Å². The molecule has 0 unspecified atom stereocenters. The lowest BCUT2D eigenvalue weighted by atomic mass is 10.2. The Bertz CT molecular complexity index is 1930. The number of hydrogen-bond acceptors (Lipinski definition) is 15. The van der Waals surface area contributed by atoms with E-state index in [4.69, 9.17) is 66.3 Å². The zero-order valence-corrected chi connectivity index (χ0v) is 34.3. The molecule has 3 aromatic rings. The van der Waals surface area contributed by atoms with Crippen LogP contribution < -0.4 is 11.1 Å². The molecule has 2 aliphatic carbocycles. The number of hydrogen-bond donors (Lipinski definition) is 2. The molecule has 7 rings (SSSR count). The van der Waals surface area contributed by atoms with Gasteiger partial charge < -0.3 is 39.7 Å². The molecule has 4 aliphatic rings. The molecule has 0 radical (unpaired) electrons. The summed E-state index contributed by atoms with van der Waals surface area (Å²) in [5.74, 6) is 0.875. The fourth-order valence-corrected chi connectivity index (χ4v) is 8.61. The molecule has 20 heteroatoms. The van der Waals surface area contributed by atoms with E-state index in [1.807, 2.05) is 27.7 Å².